The van der Waals surface area contributed by atoms with Gasteiger partial charge in [-0.1, -0.05) is 0 Å². The standard InChI is InChI=1S/6C2H5O.C2H2.2Ti/c6*1-2-3;1-2;;/h6*2H2,1H3;1-2H;;/q6*-1;;2*+3. The first kappa shape index (κ1) is 22.9. The Morgan fingerprint density at radius 3 is 0.773 bits per heavy atom. The van der Waals surface area contributed by atoms with Gasteiger partial charge in [-0.3, -0.25) is 0 Å². The molecule has 0 aromatic heterocycles. The van der Waals surface area contributed by atoms with Gasteiger partial charge >= 0.3 is 145 Å². The van der Waals surface area contributed by atoms with Crippen molar-refractivity contribution in [1.29, 1.82) is 0 Å². The van der Waals surface area contributed by atoms with E-state index in [2.05, 4.69) is 0 Å². The van der Waals surface area contributed by atoms with Crippen molar-refractivity contribution in [3.8, 4) is 0 Å². The quantitative estimate of drug-likeness (QED) is 0.422. The average molecular weight is 392 g/mol. The molecule has 0 aromatic rings. The van der Waals surface area contributed by atoms with E-state index < -0.39 is 35.5 Å². The van der Waals surface area contributed by atoms with Crippen LogP contribution in [0.1, 0.15) is 41.5 Å². The van der Waals surface area contributed by atoms with Crippen LogP contribution in [0.4, 0.5) is 0 Å². The number of rotatable bonds is 14. The summed E-state index contributed by atoms with van der Waals surface area (Å²) in [5.41, 5.74) is 0. The van der Waals surface area contributed by atoms with Crippen molar-refractivity contribution in [2.45, 2.75) is 41.5 Å². The SMILES string of the molecule is CC[O][Ti]([CH]=[CH][Ti]([O]CC)([O]CC)[O]CC)([O]CC)[O]CC. The molecule has 0 aliphatic carbocycles. The molecule has 8 heteroatoms. The van der Waals surface area contributed by atoms with Crippen LogP contribution in [0.25, 0.3) is 0 Å². The summed E-state index contributed by atoms with van der Waals surface area (Å²) in [6, 6.07) is 0. The molecule has 0 saturated carbocycles. The van der Waals surface area contributed by atoms with E-state index in [1.54, 1.807) is 0 Å². The topological polar surface area (TPSA) is 55.4 Å². The molecule has 0 bridgehead atoms. The first-order valence-corrected chi connectivity index (χ1v) is 13.7. The monoisotopic (exact) mass is 392 g/mol. The van der Waals surface area contributed by atoms with E-state index in [9.17, 15) is 0 Å². The Morgan fingerprint density at radius 2 is 0.636 bits per heavy atom. The summed E-state index contributed by atoms with van der Waals surface area (Å²) in [4.78, 5) is 0. The van der Waals surface area contributed by atoms with Crippen LogP contribution in [0.2, 0.25) is 0 Å². The minimum absolute atomic E-state index is 0.544. The molecule has 0 aromatic carbocycles. The van der Waals surface area contributed by atoms with Crippen LogP contribution in [0.3, 0.4) is 0 Å². The van der Waals surface area contributed by atoms with Gasteiger partial charge in [-0.05, 0) is 0 Å². The van der Waals surface area contributed by atoms with E-state index in [-0.39, 0.29) is 0 Å². The maximum atomic E-state index is 5.86. The van der Waals surface area contributed by atoms with E-state index in [4.69, 9.17) is 19.9 Å². The fourth-order valence-corrected chi connectivity index (χ4v) is 10.7. The second-order valence-corrected chi connectivity index (χ2v) is 11.7. The third-order valence-electron chi connectivity index (χ3n) is 2.56. The summed E-state index contributed by atoms with van der Waals surface area (Å²) < 4.78 is 39.0. The van der Waals surface area contributed by atoms with Gasteiger partial charge in [-0.2, -0.15) is 0 Å². The summed E-state index contributed by atoms with van der Waals surface area (Å²) >= 11 is -6.88. The molecule has 22 heavy (non-hydrogen) atoms. The first-order valence-electron chi connectivity index (χ1n) is 8.11. The van der Waals surface area contributed by atoms with Crippen molar-refractivity contribution in [3.05, 3.63) is 8.76 Å². The van der Waals surface area contributed by atoms with E-state index in [0.29, 0.717) is 39.6 Å². The predicted octanol–water partition coefficient (Wildman–Crippen LogP) is 3.47. The van der Waals surface area contributed by atoms with Gasteiger partial charge in [-0.15, -0.1) is 0 Å². The van der Waals surface area contributed by atoms with Crippen LogP contribution in [0, 0.1) is 0 Å². The Labute approximate surface area is 145 Å². The van der Waals surface area contributed by atoms with Gasteiger partial charge < -0.3 is 0 Å². The van der Waals surface area contributed by atoms with Crippen molar-refractivity contribution in [1.82, 2.24) is 0 Å². The molecule has 0 fully saturated rings. The Hall–Kier alpha value is 0.929. The third-order valence-corrected chi connectivity index (χ3v) is 11.6. The zero-order valence-electron chi connectivity index (χ0n) is 14.8. The van der Waals surface area contributed by atoms with Gasteiger partial charge in [-0.25, -0.2) is 0 Å². The number of hydrogen-bond donors (Lipinski definition) is 0. The Morgan fingerprint density at radius 1 is 0.455 bits per heavy atom. The zero-order chi connectivity index (χ0) is 16.9. The molecule has 0 rings (SSSR count). The summed E-state index contributed by atoms with van der Waals surface area (Å²) in [7, 11) is 0. The molecule has 0 amide bonds. The van der Waals surface area contributed by atoms with Gasteiger partial charge in [0.15, 0.2) is 0 Å². The van der Waals surface area contributed by atoms with Crippen LogP contribution < -0.4 is 0 Å². The molecular formula is C14H32O6Ti2. The molecule has 0 spiro atoms. The van der Waals surface area contributed by atoms with E-state index in [0.717, 1.165) is 0 Å². The summed E-state index contributed by atoms with van der Waals surface area (Å²) in [6.45, 7) is 14.9. The summed E-state index contributed by atoms with van der Waals surface area (Å²) in [6.07, 6.45) is 0. The van der Waals surface area contributed by atoms with Crippen LogP contribution in [-0.4, -0.2) is 39.6 Å². The van der Waals surface area contributed by atoms with Gasteiger partial charge in [0.05, 0.1) is 0 Å². The first-order chi connectivity index (χ1) is 10.6. The molecule has 0 unspecified atom stereocenters. The molecular weight excluding hydrogens is 360 g/mol. The van der Waals surface area contributed by atoms with Crippen molar-refractivity contribution >= 4 is 0 Å². The molecule has 132 valence electrons. The van der Waals surface area contributed by atoms with Gasteiger partial charge in [0.25, 0.3) is 0 Å². The predicted molar refractivity (Wildman–Crippen MR) is 78.9 cm³/mol. The van der Waals surface area contributed by atoms with Crippen molar-refractivity contribution in [3.63, 3.8) is 0 Å². The molecule has 0 heterocycles. The molecule has 0 aliphatic rings. The molecule has 0 saturated heterocycles. The number of hydrogen-bond acceptors (Lipinski definition) is 6. The third kappa shape index (κ3) is 8.15. The molecule has 0 atom stereocenters. The van der Waals surface area contributed by atoms with Crippen LogP contribution >= 0.6 is 0 Å². The Balaban J connectivity index is 5.40. The van der Waals surface area contributed by atoms with Crippen molar-refractivity contribution in [2.24, 2.45) is 0 Å². The van der Waals surface area contributed by atoms with Crippen molar-refractivity contribution in [2.75, 3.05) is 39.6 Å². The zero-order valence-corrected chi connectivity index (χ0v) is 18.0. The average Bonchev–Trinajstić information content (AvgIpc) is 2.47. The van der Waals surface area contributed by atoms with Gasteiger partial charge in [0, 0.05) is 0 Å². The van der Waals surface area contributed by atoms with E-state index in [1.807, 2.05) is 50.3 Å². The van der Waals surface area contributed by atoms with E-state index >= 15 is 0 Å². The fourth-order valence-electron chi connectivity index (χ4n) is 1.95. The van der Waals surface area contributed by atoms with Gasteiger partial charge in [0.1, 0.15) is 0 Å². The summed E-state index contributed by atoms with van der Waals surface area (Å²) in [5.74, 6) is 0. The molecule has 0 aliphatic heterocycles. The van der Waals surface area contributed by atoms with Crippen LogP contribution in [-0.2, 0) is 55.4 Å². The Kier molecular flexibility index (Phi) is 13.8. The second-order valence-electron chi connectivity index (χ2n) is 4.14. The minimum atomic E-state index is -3.44. The fraction of sp³-hybridized carbons (Fsp3) is 0.857. The molecule has 0 N–H and O–H groups in total. The van der Waals surface area contributed by atoms with Crippen LogP contribution in [0.5, 0.6) is 0 Å². The maximum absolute atomic E-state index is 5.86. The molecule has 0 radical (unpaired) electrons. The second kappa shape index (κ2) is 13.2. The van der Waals surface area contributed by atoms with E-state index in [1.165, 1.54) is 0 Å². The van der Waals surface area contributed by atoms with Crippen LogP contribution in [0.15, 0.2) is 8.76 Å². The van der Waals surface area contributed by atoms with Gasteiger partial charge in [0.2, 0.25) is 0 Å². The summed E-state index contributed by atoms with van der Waals surface area (Å²) in [5, 5.41) is 0. The van der Waals surface area contributed by atoms with Crippen molar-refractivity contribution < 1.29 is 55.4 Å². The normalized spacial score (nSPS) is 13.2. The molecule has 6 nitrogen and oxygen atoms in total. The Bertz CT molecular complexity index is 239.